The molecule has 1 amide bonds. The number of carbonyl (C=O) groups is 1. The van der Waals surface area contributed by atoms with Gasteiger partial charge in [-0.3, -0.25) is 9.69 Å². The van der Waals surface area contributed by atoms with Crippen LogP contribution in [0.15, 0.2) is 12.7 Å². The lowest BCUT2D eigenvalue weighted by Crippen LogP contribution is -2.49. The van der Waals surface area contributed by atoms with Crippen molar-refractivity contribution < 1.29 is 4.79 Å². The summed E-state index contributed by atoms with van der Waals surface area (Å²) in [5.41, 5.74) is 1.38. The Balaban J connectivity index is 0.00000131. The highest BCUT2D eigenvalue weighted by atomic mass is 35.5. The fourth-order valence-corrected chi connectivity index (χ4v) is 3.73. The average Bonchev–Trinajstić information content (AvgIpc) is 3.31. The van der Waals surface area contributed by atoms with Gasteiger partial charge in [0, 0.05) is 52.4 Å². The van der Waals surface area contributed by atoms with E-state index in [0.717, 1.165) is 51.2 Å². The monoisotopic (exact) mass is 416 g/mol. The normalized spacial score (nSPS) is 20.2. The SMILES string of the molecule is CN(CC(=O)N1CCC(N2CCNCC2)C1)c1ncnc2nc[nH]c12.Cl.Cl. The number of rotatable bonds is 4. The van der Waals surface area contributed by atoms with Crippen molar-refractivity contribution in [3.8, 4) is 0 Å². The van der Waals surface area contributed by atoms with E-state index in [0.29, 0.717) is 24.1 Å². The number of piperazine rings is 1. The van der Waals surface area contributed by atoms with Gasteiger partial charge in [0.2, 0.25) is 5.91 Å². The van der Waals surface area contributed by atoms with Crippen LogP contribution in [-0.4, -0.2) is 94.5 Å². The Kier molecular flexibility index (Phi) is 7.60. The lowest BCUT2D eigenvalue weighted by molar-refractivity contribution is -0.128. The van der Waals surface area contributed by atoms with Crippen LogP contribution in [0.25, 0.3) is 11.2 Å². The number of hydrogen-bond acceptors (Lipinski definition) is 7. The third-order valence-electron chi connectivity index (χ3n) is 5.12. The smallest absolute Gasteiger partial charge is 0.242 e. The van der Waals surface area contributed by atoms with Crippen LogP contribution in [0.5, 0.6) is 0 Å². The minimum atomic E-state index is 0. The lowest BCUT2D eigenvalue weighted by Gasteiger charge is -2.32. The molecule has 2 aromatic heterocycles. The Morgan fingerprint density at radius 3 is 2.78 bits per heavy atom. The Morgan fingerprint density at radius 1 is 1.22 bits per heavy atom. The van der Waals surface area contributed by atoms with Crippen molar-refractivity contribution in [1.82, 2.24) is 35.1 Å². The van der Waals surface area contributed by atoms with Gasteiger partial charge in [-0.1, -0.05) is 0 Å². The quantitative estimate of drug-likeness (QED) is 0.731. The highest BCUT2D eigenvalue weighted by Crippen LogP contribution is 2.20. The van der Waals surface area contributed by atoms with Crippen LogP contribution in [0, 0.1) is 0 Å². The summed E-state index contributed by atoms with van der Waals surface area (Å²) >= 11 is 0. The Morgan fingerprint density at radius 2 is 2.00 bits per heavy atom. The van der Waals surface area contributed by atoms with E-state index < -0.39 is 0 Å². The molecule has 4 heterocycles. The first-order chi connectivity index (χ1) is 12.2. The molecule has 0 bridgehead atoms. The van der Waals surface area contributed by atoms with Crippen molar-refractivity contribution in [3.05, 3.63) is 12.7 Å². The molecule has 0 spiro atoms. The number of aromatic amines is 1. The maximum absolute atomic E-state index is 12.7. The first-order valence-electron chi connectivity index (χ1n) is 8.80. The second-order valence-corrected chi connectivity index (χ2v) is 6.72. The van der Waals surface area contributed by atoms with Gasteiger partial charge in [0.25, 0.3) is 0 Å². The summed E-state index contributed by atoms with van der Waals surface area (Å²) in [5, 5.41) is 3.38. The van der Waals surface area contributed by atoms with Gasteiger partial charge in [-0.15, -0.1) is 24.8 Å². The van der Waals surface area contributed by atoms with Gasteiger partial charge in [-0.25, -0.2) is 15.0 Å². The van der Waals surface area contributed by atoms with Crippen molar-refractivity contribution in [2.75, 3.05) is 57.8 Å². The van der Waals surface area contributed by atoms with Crippen LogP contribution in [0.1, 0.15) is 6.42 Å². The zero-order valence-electron chi connectivity index (χ0n) is 15.3. The largest absolute Gasteiger partial charge is 0.348 e. The molecule has 2 aliphatic heterocycles. The third-order valence-corrected chi connectivity index (χ3v) is 5.12. The molecule has 9 nitrogen and oxygen atoms in total. The van der Waals surface area contributed by atoms with E-state index in [2.05, 4.69) is 30.2 Å². The van der Waals surface area contributed by atoms with Crippen LogP contribution in [0.4, 0.5) is 5.82 Å². The van der Waals surface area contributed by atoms with Gasteiger partial charge in [0.05, 0.1) is 12.9 Å². The van der Waals surface area contributed by atoms with Gasteiger partial charge < -0.3 is 20.1 Å². The number of halogens is 2. The number of likely N-dealkylation sites (N-methyl/N-ethyl adjacent to an activating group) is 1. The number of nitrogens with zero attached hydrogens (tertiary/aromatic N) is 6. The highest BCUT2D eigenvalue weighted by molar-refractivity contribution is 5.87. The highest BCUT2D eigenvalue weighted by Gasteiger charge is 2.31. The second-order valence-electron chi connectivity index (χ2n) is 6.72. The van der Waals surface area contributed by atoms with Crippen LogP contribution in [-0.2, 0) is 4.79 Å². The predicted octanol–water partition coefficient (Wildman–Crippen LogP) is 0.139. The number of hydrogen-bond donors (Lipinski definition) is 2. The summed E-state index contributed by atoms with van der Waals surface area (Å²) in [6, 6.07) is 0.495. The Bertz CT molecular complexity index is 751. The number of carbonyl (C=O) groups excluding carboxylic acids is 1. The van der Waals surface area contributed by atoms with Crippen LogP contribution < -0.4 is 10.2 Å². The molecule has 4 rings (SSSR count). The lowest BCUT2D eigenvalue weighted by atomic mass is 10.2. The van der Waals surface area contributed by atoms with E-state index >= 15 is 0 Å². The van der Waals surface area contributed by atoms with Crippen molar-refractivity contribution in [3.63, 3.8) is 0 Å². The molecule has 1 atom stereocenters. The minimum absolute atomic E-state index is 0. The van der Waals surface area contributed by atoms with E-state index in [1.807, 2.05) is 16.8 Å². The zero-order chi connectivity index (χ0) is 17.2. The van der Waals surface area contributed by atoms with E-state index in [9.17, 15) is 4.79 Å². The first kappa shape index (κ1) is 21.6. The van der Waals surface area contributed by atoms with Crippen molar-refractivity contribution in [1.29, 1.82) is 0 Å². The number of fused-ring (bicyclic) bond motifs is 1. The molecule has 2 saturated heterocycles. The molecule has 2 aromatic rings. The fraction of sp³-hybridized carbons (Fsp3) is 0.625. The van der Waals surface area contributed by atoms with Crippen LogP contribution in [0.3, 0.4) is 0 Å². The summed E-state index contributed by atoms with van der Waals surface area (Å²) in [7, 11) is 1.88. The van der Waals surface area contributed by atoms with Gasteiger partial charge in [-0.05, 0) is 6.42 Å². The molecule has 0 aromatic carbocycles. The number of likely N-dealkylation sites (tertiary alicyclic amines) is 1. The van der Waals surface area contributed by atoms with E-state index in [-0.39, 0.29) is 30.7 Å². The van der Waals surface area contributed by atoms with Gasteiger partial charge >= 0.3 is 0 Å². The molecular weight excluding hydrogens is 391 g/mol. The molecule has 2 aliphatic rings. The van der Waals surface area contributed by atoms with E-state index in [1.54, 1.807) is 6.33 Å². The molecule has 11 heteroatoms. The Labute approximate surface area is 170 Å². The topological polar surface area (TPSA) is 93.3 Å². The molecule has 150 valence electrons. The minimum Gasteiger partial charge on any atom is -0.348 e. The van der Waals surface area contributed by atoms with Crippen LogP contribution >= 0.6 is 24.8 Å². The average molecular weight is 417 g/mol. The number of imidazole rings is 1. The maximum atomic E-state index is 12.7. The standard InChI is InChI=1S/C16H24N8O.2ClH/c1-22(16-14-15(19-10-18-14)20-11-21-16)9-13(25)24-5-2-12(8-24)23-6-3-17-4-7-23;;/h10-12,17H,2-9H2,1H3,(H,18,19,20,21);2*1H. The number of anilines is 1. The summed E-state index contributed by atoms with van der Waals surface area (Å²) in [4.78, 5) is 34.7. The van der Waals surface area contributed by atoms with Crippen molar-refractivity contribution in [2.45, 2.75) is 12.5 Å². The molecule has 2 fully saturated rings. The summed E-state index contributed by atoms with van der Waals surface area (Å²) in [6.45, 7) is 6.21. The van der Waals surface area contributed by atoms with Crippen molar-refractivity contribution >= 4 is 47.7 Å². The first-order valence-corrected chi connectivity index (χ1v) is 8.80. The predicted molar refractivity (Wildman–Crippen MR) is 109 cm³/mol. The van der Waals surface area contributed by atoms with E-state index in [1.165, 1.54) is 6.33 Å². The fourth-order valence-electron chi connectivity index (χ4n) is 3.73. The molecule has 1 unspecified atom stereocenters. The molecule has 0 radical (unpaired) electrons. The summed E-state index contributed by atoms with van der Waals surface area (Å²) < 4.78 is 0. The summed E-state index contributed by atoms with van der Waals surface area (Å²) in [6.07, 6.45) is 4.14. The third kappa shape index (κ3) is 4.60. The molecule has 0 aliphatic carbocycles. The second kappa shape index (κ2) is 9.50. The zero-order valence-corrected chi connectivity index (χ0v) is 16.9. The molecule has 2 N–H and O–H groups in total. The number of H-pyrrole nitrogens is 1. The van der Waals surface area contributed by atoms with Crippen LogP contribution in [0.2, 0.25) is 0 Å². The van der Waals surface area contributed by atoms with Gasteiger partial charge in [0.15, 0.2) is 11.5 Å². The molecule has 27 heavy (non-hydrogen) atoms. The van der Waals surface area contributed by atoms with Gasteiger partial charge in [0.1, 0.15) is 11.8 Å². The van der Waals surface area contributed by atoms with Crippen molar-refractivity contribution in [2.24, 2.45) is 0 Å². The Hall–Kier alpha value is -1.68. The number of amides is 1. The molecular formula is C16H26Cl2N8O. The summed E-state index contributed by atoms with van der Waals surface area (Å²) in [5.74, 6) is 0.847. The van der Waals surface area contributed by atoms with Gasteiger partial charge in [-0.2, -0.15) is 0 Å². The maximum Gasteiger partial charge on any atom is 0.242 e. The molecule has 0 saturated carbocycles. The number of nitrogens with one attached hydrogen (secondary N) is 2. The van der Waals surface area contributed by atoms with E-state index in [4.69, 9.17) is 0 Å². The number of aromatic nitrogens is 4.